The molecule has 0 heterocycles. The Morgan fingerprint density at radius 1 is 0.960 bits per heavy atom. The maximum absolute atomic E-state index is 10.4. The number of rotatable bonds is 3. The lowest BCUT2D eigenvalue weighted by molar-refractivity contribution is -0.152. The van der Waals surface area contributed by atoms with Gasteiger partial charge >= 0.3 is 11.9 Å². The first-order valence-corrected chi connectivity index (χ1v) is 8.04. The molecule has 25 heavy (non-hydrogen) atoms. The van der Waals surface area contributed by atoms with Crippen LogP contribution in [-0.2, 0) is 20.4 Å². The molecular weight excluding hydrogens is 324 g/mol. The number of aliphatic hydroxyl groups is 1. The highest BCUT2D eigenvalue weighted by molar-refractivity contribution is 5.79. The van der Waals surface area contributed by atoms with Gasteiger partial charge in [-0.3, -0.25) is 4.79 Å². The average Bonchev–Trinajstić information content (AvgIpc) is 2.38. The number of phenolic OH excluding ortho intramolecular Hbond substituents is 1. The molecule has 0 amide bonds. The Labute approximate surface area is 149 Å². The highest BCUT2D eigenvalue weighted by Gasteiger charge is 2.25. The topological polar surface area (TPSA) is 115 Å². The Bertz CT molecular complexity index is 585. The van der Waals surface area contributed by atoms with Crippen LogP contribution in [0.1, 0.15) is 64.7 Å². The smallest absolute Gasteiger partial charge is 0.333 e. The van der Waals surface area contributed by atoms with E-state index in [-0.39, 0.29) is 10.8 Å². The second-order valence-corrected chi connectivity index (χ2v) is 8.16. The van der Waals surface area contributed by atoms with E-state index in [1.54, 1.807) is 0 Å². The number of aliphatic hydroxyl groups excluding tert-OH is 1. The van der Waals surface area contributed by atoms with E-state index in [0.717, 1.165) is 11.1 Å². The van der Waals surface area contributed by atoms with Gasteiger partial charge in [0.1, 0.15) is 5.75 Å². The molecule has 1 atom stereocenters. The van der Waals surface area contributed by atoms with E-state index in [9.17, 15) is 14.7 Å². The van der Waals surface area contributed by atoms with Gasteiger partial charge in [-0.25, -0.2) is 4.79 Å². The summed E-state index contributed by atoms with van der Waals surface area (Å²) in [7, 11) is 0. The monoisotopic (exact) mass is 354 g/mol. The Balaban J connectivity index is 0.000000547. The first-order chi connectivity index (χ1) is 11.1. The molecule has 142 valence electrons. The zero-order valence-electron chi connectivity index (χ0n) is 16.0. The van der Waals surface area contributed by atoms with Gasteiger partial charge in [-0.1, -0.05) is 59.2 Å². The summed E-state index contributed by atoms with van der Waals surface area (Å²) in [4.78, 5) is 19.4. The van der Waals surface area contributed by atoms with Crippen molar-refractivity contribution in [3.63, 3.8) is 0 Å². The van der Waals surface area contributed by atoms with Crippen molar-refractivity contribution in [2.24, 2.45) is 0 Å². The standard InChI is InChI=1S/C15H24O.C4H6O5/c1-10-8-11(14(2,3)4)13(16)12(9-10)15(5,6)7;5-2(4(8)9)1-3(6)7/h8-9,16H,1-7H3;2,5H,1H2,(H,6,7)(H,8,9). The second kappa shape index (κ2) is 8.34. The molecule has 4 N–H and O–H groups in total. The number of carbonyl (C=O) groups is 2. The van der Waals surface area contributed by atoms with Gasteiger partial charge < -0.3 is 20.4 Å². The summed E-state index contributed by atoms with van der Waals surface area (Å²) in [5.41, 5.74) is 3.26. The van der Waals surface area contributed by atoms with Crippen molar-refractivity contribution in [2.75, 3.05) is 0 Å². The molecule has 0 saturated heterocycles. The van der Waals surface area contributed by atoms with Gasteiger partial charge in [0.2, 0.25) is 0 Å². The SMILES string of the molecule is Cc1cc(C(C)(C)C)c(O)c(C(C)(C)C)c1.O=C(O)CC(O)C(=O)O. The number of hydrogen-bond donors (Lipinski definition) is 4. The molecule has 1 rings (SSSR count). The number of aryl methyl sites for hydroxylation is 1. The van der Waals surface area contributed by atoms with E-state index < -0.39 is 24.5 Å². The van der Waals surface area contributed by atoms with E-state index in [1.165, 1.54) is 5.56 Å². The van der Waals surface area contributed by atoms with Crippen molar-refractivity contribution < 1.29 is 30.0 Å². The summed E-state index contributed by atoms with van der Waals surface area (Å²) in [5, 5.41) is 34.5. The molecule has 0 aromatic heterocycles. The van der Waals surface area contributed by atoms with Crippen LogP contribution >= 0.6 is 0 Å². The van der Waals surface area contributed by atoms with Crippen LogP contribution < -0.4 is 0 Å². The van der Waals surface area contributed by atoms with E-state index in [4.69, 9.17) is 15.3 Å². The van der Waals surface area contributed by atoms with Gasteiger partial charge in [-0.15, -0.1) is 0 Å². The Morgan fingerprint density at radius 3 is 1.52 bits per heavy atom. The van der Waals surface area contributed by atoms with Gasteiger partial charge in [0.05, 0.1) is 6.42 Å². The van der Waals surface area contributed by atoms with Crippen molar-refractivity contribution in [1.29, 1.82) is 0 Å². The van der Waals surface area contributed by atoms with E-state index >= 15 is 0 Å². The van der Waals surface area contributed by atoms with E-state index in [1.807, 2.05) is 0 Å². The lowest BCUT2D eigenvalue weighted by Crippen LogP contribution is -2.22. The van der Waals surface area contributed by atoms with Crippen LogP contribution in [0.2, 0.25) is 0 Å². The Morgan fingerprint density at radius 2 is 1.32 bits per heavy atom. The first kappa shape index (κ1) is 22.9. The molecule has 6 nitrogen and oxygen atoms in total. The lowest BCUT2D eigenvalue weighted by Gasteiger charge is -2.27. The van der Waals surface area contributed by atoms with Crippen LogP contribution in [0, 0.1) is 6.92 Å². The summed E-state index contributed by atoms with van der Waals surface area (Å²) in [6.07, 6.45) is -2.54. The maximum Gasteiger partial charge on any atom is 0.333 e. The Kier molecular flexibility index (Phi) is 7.64. The van der Waals surface area contributed by atoms with Crippen LogP contribution in [0.5, 0.6) is 5.75 Å². The maximum atomic E-state index is 10.4. The van der Waals surface area contributed by atoms with Crippen molar-refractivity contribution in [1.82, 2.24) is 0 Å². The molecule has 0 radical (unpaired) electrons. The third-order valence-electron chi connectivity index (χ3n) is 3.52. The Hall–Kier alpha value is -2.08. The van der Waals surface area contributed by atoms with E-state index in [0.29, 0.717) is 5.75 Å². The molecule has 1 unspecified atom stereocenters. The minimum atomic E-state index is -1.79. The highest BCUT2D eigenvalue weighted by atomic mass is 16.4. The minimum Gasteiger partial charge on any atom is -0.507 e. The van der Waals surface area contributed by atoms with Crippen molar-refractivity contribution in [3.8, 4) is 5.75 Å². The third kappa shape index (κ3) is 7.56. The molecule has 1 aromatic carbocycles. The van der Waals surface area contributed by atoms with Gasteiger partial charge in [-0.05, 0) is 28.9 Å². The predicted molar refractivity (Wildman–Crippen MR) is 96.1 cm³/mol. The molecule has 1 aromatic rings. The van der Waals surface area contributed by atoms with Gasteiger partial charge in [0.15, 0.2) is 6.10 Å². The van der Waals surface area contributed by atoms with Crippen molar-refractivity contribution in [3.05, 3.63) is 28.8 Å². The molecule has 0 bridgehead atoms. The zero-order chi connectivity index (χ0) is 20.2. The summed E-state index contributed by atoms with van der Waals surface area (Å²) in [6, 6.07) is 4.18. The van der Waals surface area contributed by atoms with Crippen LogP contribution in [0.15, 0.2) is 12.1 Å². The first-order valence-electron chi connectivity index (χ1n) is 8.04. The fraction of sp³-hybridized carbons (Fsp3) is 0.579. The molecule has 0 fully saturated rings. The lowest BCUT2D eigenvalue weighted by atomic mass is 9.78. The van der Waals surface area contributed by atoms with Crippen LogP contribution in [0.3, 0.4) is 0 Å². The summed E-state index contributed by atoms with van der Waals surface area (Å²) in [5.74, 6) is -2.38. The number of carboxylic acids is 2. The summed E-state index contributed by atoms with van der Waals surface area (Å²) >= 11 is 0. The molecule has 0 aliphatic heterocycles. The number of carboxylic acid groups (broad SMARTS) is 2. The fourth-order valence-corrected chi connectivity index (χ4v) is 2.17. The van der Waals surface area contributed by atoms with Crippen molar-refractivity contribution >= 4 is 11.9 Å². The highest BCUT2D eigenvalue weighted by Crippen LogP contribution is 2.39. The second-order valence-electron chi connectivity index (χ2n) is 8.16. The van der Waals surface area contributed by atoms with Crippen LogP contribution in [0.25, 0.3) is 0 Å². The average molecular weight is 354 g/mol. The van der Waals surface area contributed by atoms with Crippen molar-refractivity contribution in [2.45, 2.75) is 71.8 Å². The molecule has 0 aliphatic carbocycles. The zero-order valence-corrected chi connectivity index (χ0v) is 16.0. The normalized spacial score (nSPS) is 12.8. The number of aromatic hydroxyl groups is 1. The number of benzene rings is 1. The summed E-state index contributed by atoms with van der Waals surface area (Å²) in [6.45, 7) is 14.9. The predicted octanol–water partition coefficient (Wildman–Crippen LogP) is 3.20. The number of phenols is 1. The minimum absolute atomic E-state index is 0.0178. The number of aliphatic carboxylic acids is 2. The van der Waals surface area contributed by atoms with E-state index in [2.05, 4.69) is 60.6 Å². The summed E-state index contributed by atoms with van der Waals surface area (Å²) < 4.78 is 0. The fourth-order valence-electron chi connectivity index (χ4n) is 2.17. The largest absolute Gasteiger partial charge is 0.507 e. The molecule has 0 saturated carbocycles. The van der Waals surface area contributed by atoms with Gasteiger partial charge in [0, 0.05) is 0 Å². The van der Waals surface area contributed by atoms with Crippen LogP contribution in [-0.4, -0.2) is 38.5 Å². The third-order valence-corrected chi connectivity index (χ3v) is 3.52. The molecular formula is C19H30O6. The van der Waals surface area contributed by atoms with Gasteiger partial charge in [0.25, 0.3) is 0 Å². The number of hydrogen-bond acceptors (Lipinski definition) is 4. The molecule has 6 heteroatoms. The quantitative estimate of drug-likeness (QED) is 0.662. The molecule has 0 spiro atoms. The van der Waals surface area contributed by atoms with Crippen LogP contribution in [0.4, 0.5) is 0 Å². The molecule has 0 aliphatic rings. The van der Waals surface area contributed by atoms with Gasteiger partial charge in [-0.2, -0.15) is 0 Å².